The topological polar surface area (TPSA) is 76.2 Å². The third-order valence-corrected chi connectivity index (χ3v) is 2.20. The molecule has 0 aliphatic rings. The second-order valence-electron chi connectivity index (χ2n) is 2.66. The van der Waals surface area contributed by atoms with Crippen LogP contribution in [0, 0.1) is 0 Å². The van der Waals surface area contributed by atoms with E-state index in [1.807, 2.05) is 0 Å². The van der Waals surface area contributed by atoms with Crippen LogP contribution in [-0.2, 0) is 6.54 Å². The Morgan fingerprint density at radius 1 is 1.67 bits per heavy atom. The van der Waals surface area contributed by atoms with E-state index in [2.05, 4.69) is 4.98 Å². The lowest BCUT2D eigenvalue weighted by Crippen LogP contribution is -2.10. The fraction of sp³-hybridized carbons (Fsp3) is 0.250. The second-order valence-corrected chi connectivity index (χ2v) is 3.04. The van der Waals surface area contributed by atoms with Crippen LogP contribution in [0.3, 0.4) is 0 Å². The molecule has 4 nitrogen and oxygen atoms in total. The number of alkyl halides is 2. The van der Waals surface area contributed by atoms with Crippen LogP contribution in [-0.4, -0.2) is 16.1 Å². The van der Waals surface area contributed by atoms with Gasteiger partial charge in [0.15, 0.2) is 5.69 Å². The summed E-state index contributed by atoms with van der Waals surface area (Å²) in [6.07, 6.45) is -2.00. The van der Waals surface area contributed by atoms with Crippen molar-refractivity contribution < 1.29 is 18.7 Å². The van der Waals surface area contributed by atoms with Crippen molar-refractivity contribution in [3.63, 3.8) is 0 Å². The first-order valence-corrected chi connectivity index (χ1v) is 4.25. The van der Waals surface area contributed by atoms with Crippen molar-refractivity contribution in [2.75, 3.05) is 0 Å². The summed E-state index contributed by atoms with van der Waals surface area (Å²) in [4.78, 5) is 13.9. The van der Waals surface area contributed by atoms with Crippen LogP contribution in [0.1, 0.15) is 28.0 Å². The van der Waals surface area contributed by atoms with Crippen molar-refractivity contribution in [1.82, 2.24) is 4.98 Å². The highest BCUT2D eigenvalue weighted by Crippen LogP contribution is 2.29. The molecule has 0 unspecified atom stereocenters. The van der Waals surface area contributed by atoms with Crippen LogP contribution >= 0.6 is 11.6 Å². The van der Waals surface area contributed by atoms with E-state index < -0.39 is 23.7 Å². The zero-order valence-corrected chi connectivity index (χ0v) is 8.13. The van der Waals surface area contributed by atoms with E-state index in [0.717, 1.165) is 6.20 Å². The van der Waals surface area contributed by atoms with Gasteiger partial charge in [0.2, 0.25) is 0 Å². The van der Waals surface area contributed by atoms with Crippen molar-refractivity contribution in [3.8, 4) is 0 Å². The van der Waals surface area contributed by atoms with Gasteiger partial charge in [0, 0.05) is 18.3 Å². The quantitative estimate of drug-likeness (QED) is 0.839. The van der Waals surface area contributed by atoms with Gasteiger partial charge in [0.05, 0.1) is 5.02 Å². The molecule has 0 aliphatic carbocycles. The fourth-order valence-corrected chi connectivity index (χ4v) is 1.40. The summed E-state index contributed by atoms with van der Waals surface area (Å²) in [5, 5.41) is 8.31. The third-order valence-electron chi connectivity index (χ3n) is 1.80. The molecule has 0 saturated heterocycles. The second kappa shape index (κ2) is 4.50. The number of hydrogen-bond donors (Lipinski definition) is 2. The minimum absolute atomic E-state index is 0.0842. The molecular formula is C8H7ClF2N2O2. The molecule has 7 heteroatoms. The molecule has 0 radical (unpaired) electrons. The first kappa shape index (κ1) is 11.8. The summed E-state index contributed by atoms with van der Waals surface area (Å²) in [5.41, 5.74) is 4.23. The molecule has 3 N–H and O–H groups in total. The zero-order valence-electron chi connectivity index (χ0n) is 7.38. The van der Waals surface area contributed by atoms with Crippen LogP contribution in [0.2, 0.25) is 5.02 Å². The molecule has 0 bridgehead atoms. The smallest absolute Gasteiger partial charge is 0.356 e. The molecule has 0 spiro atoms. The molecule has 0 fully saturated rings. The predicted molar refractivity (Wildman–Crippen MR) is 49.1 cm³/mol. The van der Waals surface area contributed by atoms with Gasteiger partial charge in [-0.1, -0.05) is 11.6 Å². The van der Waals surface area contributed by atoms with E-state index in [9.17, 15) is 13.6 Å². The van der Waals surface area contributed by atoms with Crippen LogP contribution in [0.4, 0.5) is 8.78 Å². The first-order valence-electron chi connectivity index (χ1n) is 3.87. The molecule has 1 rings (SSSR count). The highest BCUT2D eigenvalue weighted by atomic mass is 35.5. The molecule has 0 aliphatic heterocycles. The molecule has 0 atom stereocenters. The summed E-state index contributed by atoms with van der Waals surface area (Å²) in [7, 11) is 0. The monoisotopic (exact) mass is 236 g/mol. The largest absolute Gasteiger partial charge is 0.476 e. The minimum Gasteiger partial charge on any atom is -0.476 e. The number of rotatable bonds is 3. The Labute approximate surface area is 88.7 Å². The number of halogens is 3. The standard InChI is InChI=1S/C8H7ClF2N2O2/c9-5-3(1-12)4(7(10)11)2-13-6(5)8(14)15/h2,7H,1,12H2,(H,14,15). The molecule has 1 heterocycles. The maximum absolute atomic E-state index is 12.4. The number of pyridine rings is 1. The fourth-order valence-electron chi connectivity index (χ4n) is 1.08. The molecule has 15 heavy (non-hydrogen) atoms. The summed E-state index contributed by atoms with van der Waals surface area (Å²) >= 11 is 5.60. The van der Waals surface area contributed by atoms with Gasteiger partial charge in [-0.25, -0.2) is 18.6 Å². The number of nitrogens with two attached hydrogens (primary N) is 1. The predicted octanol–water partition coefficient (Wildman–Crippen LogP) is 1.83. The molecule has 1 aromatic heterocycles. The lowest BCUT2D eigenvalue weighted by Gasteiger charge is -2.09. The highest BCUT2D eigenvalue weighted by Gasteiger charge is 2.21. The van der Waals surface area contributed by atoms with Crippen LogP contribution in [0.25, 0.3) is 0 Å². The van der Waals surface area contributed by atoms with Gasteiger partial charge in [-0.05, 0) is 5.56 Å². The Balaban J connectivity index is 3.39. The number of hydrogen-bond acceptors (Lipinski definition) is 3. The summed E-state index contributed by atoms with van der Waals surface area (Å²) in [5.74, 6) is -1.38. The summed E-state index contributed by atoms with van der Waals surface area (Å²) < 4.78 is 24.9. The van der Waals surface area contributed by atoms with Crippen molar-refractivity contribution in [1.29, 1.82) is 0 Å². The van der Waals surface area contributed by atoms with E-state index >= 15 is 0 Å². The van der Waals surface area contributed by atoms with E-state index in [1.165, 1.54) is 0 Å². The van der Waals surface area contributed by atoms with Crippen molar-refractivity contribution >= 4 is 17.6 Å². The zero-order chi connectivity index (χ0) is 11.6. The Morgan fingerprint density at radius 3 is 2.67 bits per heavy atom. The first-order chi connectivity index (χ1) is 6.99. The van der Waals surface area contributed by atoms with Gasteiger partial charge >= 0.3 is 5.97 Å². The minimum atomic E-state index is -2.78. The van der Waals surface area contributed by atoms with Crippen LogP contribution < -0.4 is 5.73 Å². The number of aromatic nitrogens is 1. The molecule has 0 aromatic carbocycles. The lowest BCUT2D eigenvalue weighted by molar-refractivity contribution is 0.0689. The van der Waals surface area contributed by atoms with Crippen molar-refractivity contribution in [2.24, 2.45) is 5.73 Å². The van der Waals surface area contributed by atoms with E-state index in [1.54, 1.807) is 0 Å². The number of nitrogens with zero attached hydrogens (tertiary/aromatic N) is 1. The van der Waals surface area contributed by atoms with Gasteiger partial charge in [0.25, 0.3) is 6.43 Å². The van der Waals surface area contributed by atoms with E-state index in [4.69, 9.17) is 22.4 Å². The molecule has 1 aromatic rings. The van der Waals surface area contributed by atoms with Crippen LogP contribution in [0.5, 0.6) is 0 Å². The Bertz CT molecular complexity index is 398. The molecule has 0 amide bonds. The van der Waals surface area contributed by atoms with Gasteiger partial charge in [-0.3, -0.25) is 0 Å². The van der Waals surface area contributed by atoms with Gasteiger partial charge in [-0.2, -0.15) is 0 Å². The maximum atomic E-state index is 12.4. The van der Waals surface area contributed by atoms with Crippen LogP contribution in [0.15, 0.2) is 6.20 Å². The van der Waals surface area contributed by atoms with Crippen molar-refractivity contribution in [2.45, 2.75) is 13.0 Å². The maximum Gasteiger partial charge on any atom is 0.356 e. The Hall–Kier alpha value is -1.27. The summed E-state index contributed by atoms with van der Waals surface area (Å²) in [6, 6.07) is 0. The van der Waals surface area contributed by atoms with E-state index in [0.29, 0.717) is 0 Å². The average Bonchev–Trinajstić information content (AvgIpc) is 2.16. The van der Waals surface area contributed by atoms with Gasteiger partial charge in [0.1, 0.15) is 0 Å². The normalized spacial score (nSPS) is 10.7. The summed E-state index contributed by atoms with van der Waals surface area (Å²) in [6.45, 7) is -0.263. The van der Waals surface area contributed by atoms with Gasteiger partial charge < -0.3 is 10.8 Å². The van der Waals surface area contributed by atoms with Gasteiger partial charge in [-0.15, -0.1) is 0 Å². The Morgan fingerprint density at radius 2 is 2.27 bits per heavy atom. The molecule has 82 valence electrons. The lowest BCUT2D eigenvalue weighted by atomic mass is 10.1. The van der Waals surface area contributed by atoms with E-state index in [-0.39, 0.29) is 17.1 Å². The third kappa shape index (κ3) is 2.21. The SMILES string of the molecule is NCc1c(C(F)F)cnc(C(=O)O)c1Cl. The molecule has 0 saturated carbocycles. The highest BCUT2D eigenvalue weighted by molar-refractivity contribution is 6.34. The Kier molecular flexibility index (Phi) is 3.54. The number of carboxylic acid groups (broad SMARTS) is 1. The number of carbonyl (C=O) groups is 1. The number of carboxylic acids is 1. The number of aromatic carboxylic acids is 1. The van der Waals surface area contributed by atoms with Crippen molar-refractivity contribution in [3.05, 3.63) is 28.0 Å². The average molecular weight is 237 g/mol. The molecular weight excluding hydrogens is 230 g/mol.